The fourth-order valence-corrected chi connectivity index (χ4v) is 3.23. The Morgan fingerprint density at radius 2 is 2.24 bits per heavy atom. The van der Waals surface area contributed by atoms with Crippen LogP contribution in [0.2, 0.25) is 0 Å². The van der Waals surface area contributed by atoms with Crippen LogP contribution in [0.3, 0.4) is 0 Å². The lowest BCUT2D eigenvalue weighted by atomic mass is 10.4. The van der Waals surface area contributed by atoms with Crippen molar-refractivity contribution in [3.8, 4) is 0 Å². The van der Waals surface area contributed by atoms with Crippen molar-refractivity contribution >= 4 is 23.2 Å². The lowest BCUT2D eigenvalue weighted by Crippen LogP contribution is -2.36. The van der Waals surface area contributed by atoms with Crippen LogP contribution < -0.4 is 5.32 Å². The van der Waals surface area contributed by atoms with Crippen LogP contribution in [-0.4, -0.2) is 36.8 Å². The van der Waals surface area contributed by atoms with E-state index in [1.807, 2.05) is 35.3 Å². The molecule has 8 heteroatoms. The lowest BCUT2D eigenvalue weighted by Gasteiger charge is -2.22. The van der Waals surface area contributed by atoms with E-state index >= 15 is 0 Å². The molecule has 0 unspecified atom stereocenters. The zero-order valence-electron chi connectivity index (χ0n) is 14.4. The van der Waals surface area contributed by atoms with Crippen LogP contribution in [0.25, 0.3) is 0 Å². The van der Waals surface area contributed by atoms with Crippen molar-refractivity contribution in [2.24, 2.45) is 7.05 Å². The number of hydrogen-bond donors (Lipinski definition) is 1. The first-order valence-electron chi connectivity index (χ1n) is 8.23. The number of hydrogen-bond acceptors (Lipinski definition) is 4. The van der Waals surface area contributed by atoms with E-state index in [1.54, 1.807) is 33.3 Å². The van der Waals surface area contributed by atoms with E-state index in [-0.39, 0.29) is 6.03 Å². The largest absolute Gasteiger partial charge is 0.337 e. The Hall–Kier alpha value is -2.61. The number of nitrogens with one attached hydrogen (secondary N) is 1. The molecule has 0 aliphatic rings. The summed E-state index contributed by atoms with van der Waals surface area (Å²) in [5, 5.41) is 9.32. The number of amides is 2. The highest BCUT2D eigenvalue weighted by Crippen LogP contribution is 2.15. The van der Waals surface area contributed by atoms with Crippen LogP contribution in [0.1, 0.15) is 24.0 Å². The Bertz CT molecular complexity index is 807. The average molecular weight is 358 g/mol. The number of nitrogens with zero attached hydrogens (tertiary/aromatic N) is 5. The normalized spacial score (nSPS) is 10.8. The van der Waals surface area contributed by atoms with Crippen molar-refractivity contribution in [3.05, 3.63) is 52.9 Å². The Balaban J connectivity index is 1.69. The van der Waals surface area contributed by atoms with E-state index in [9.17, 15) is 4.79 Å². The van der Waals surface area contributed by atoms with Crippen molar-refractivity contribution in [1.29, 1.82) is 0 Å². The van der Waals surface area contributed by atoms with Gasteiger partial charge < -0.3 is 9.47 Å². The van der Waals surface area contributed by atoms with Gasteiger partial charge in [0.15, 0.2) is 0 Å². The standard InChI is InChI=1S/C17H22N6OS/c1-3-9-22(13-16-18-8-10-21(16)2)17(24)20-15-6-7-19-23(15)12-14-5-4-11-25-14/h4-8,10-11H,3,9,12-13H2,1-2H3,(H,20,24). The third-order valence-corrected chi connectivity index (χ3v) is 4.73. The van der Waals surface area contributed by atoms with Crippen LogP contribution in [0, 0.1) is 0 Å². The van der Waals surface area contributed by atoms with Gasteiger partial charge in [-0.05, 0) is 17.9 Å². The van der Waals surface area contributed by atoms with Gasteiger partial charge in [-0.1, -0.05) is 13.0 Å². The van der Waals surface area contributed by atoms with Crippen LogP contribution in [0.5, 0.6) is 0 Å². The molecule has 2 amide bonds. The number of carbonyl (C=O) groups is 1. The molecule has 0 saturated heterocycles. The second kappa shape index (κ2) is 7.98. The highest BCUT2D eigenvalue weighted by atomic mass is 32.1. The quantitative estimate of drug-likeness (QED) is 0.705. The summed E-state index contributed by atoms with van der Waals surface area (Å²) in [5.74, 6) is 1.55. The molecule has 3 rings (SSSR count). The van der Waals surface area contributed by atoms with Gasteiger partial charge in [0, 0.05) is 36.9 Å². The minimum absolute atomic E-state index is 0.141. The second-order valence-corrected chi connectivity index (χ2v) is 6.79. The number of urea groups is 1. The Labute approximate surface area is 150 Å². The van der Waals surface area contributed by atoms with E-state index < -0.39 is 0 Å². The molecule has 0 atom stereocenters. The number of aryl methyl sites for hydroxylation is 1. The number of carbonyl (C=O) groups excluding carboxylic acids is 1. The predicted molar refractivity (Wildman–Crippen MR) is 98.6 cm³/mol. The number of thiophene rings is 1. The van der Waals surface area contributed by atoms with E-state index in [2.05, 4.69) is 28.4 Å². The van der Waals surface area contributed by atoms with Crippen LogP contribution >= 0.6 is 11.3 Å². The second-order valence-electron chi connectivity index (χ2n) is 5.76. The van der Waals surface area contributed by atoms with Crippen molar-refractivity contribution in [1.82, 2.24) is 24.2 Å². The fraction of sp³-hybridized carbons (Fsp3) is 0.353. The van der Waals surface area contributed by atoms with Gasteiger partial charge in [-0.25, -0.2) is 14.5 Å². The molecule has 132 valence electrons. The van der Waals surface area contributed by atoms with Crippen molar-refractivity contribution in [2.75, 3.05) is 11.9 Å². The summed E-state index contributed by atoms with van der Waals surface area (Å²) in [7, 11) is 1.93. The summed E-state index contributed by atoms with van der Waals surface area (Å²) in [4.78, 5) is 20.0. The topological polar surface area (TPSA) is 68.0 Å². The molecule has 0 spiro atoms. The Morgan fingerprint density at radius 1 is 1.36 bits per heavy atom. The van der Waals surface area contributed by atoms with Gasteiger partial charge in [0.25, 0.3) is 0 Å². The zero-order valence-corrected chi connectivity index (χ0v) is 15.2. The van der Waals surface area contributed by atoms with Gasteiger partial charge in [0.1, 0.15) is 11.6 Å². The average Bonchev–Trinajstić information content (AvgIpc) is 3.33. The van der Waals surface area contributed by atoms with E-state index in [1.165, 1.54) is 4.88 Å². The van der Waals surface area contributed by atoms with Gasteiger partial charge in [0.05, 0.1) is 19.3 Å². The fourth-order valence-electron chi connectivity index (χ4n) is 2.55. The first-order chi connectivity index (χ1) is 12.2. The monoisotopic (exact) mass is 358 g/mol. The summed E-state index contributed by atoms with van der Waals surface area (Å²) in [6, 6.07) is 5.74. The van der Waals surface area contributed by atoms with E-state index in [0.717, 1.165) is 12.2 Å². The molecule has 3 heterocycles. The first kappa shape index (κ1) is 17.2. The summed E-state index contributed by atoms with van der Waals surface area (Å²) >= 11 is 1.67. The summed E-state index contributed by atoms with van der Waals surface area (Å²) in [5.41, 5.74) is 0. The number of anilines is 1. The van der Waals surface area contributed by atoms with Gasteiger partial charge in [-0.2, -0.15) is 5.10 Å². The van der Waals surface area contributed by atoms with Gasteiger partial charge >= 0.3 is 6.03 Å². The minimum Gasteiger partial charge on any atom is -0.337 e. The molecule has 0 fully saturated rings. The lowest BCUT2D eigenvalue weighted by molar-refractivity contribution is 0.207. The summed E-state index contributed by atoms with van der Waals surface area (Å²) < 4.78 is 3.73. The van der Waals surface area contributed by atoms with Crippen LogP contribution in [-0.2, 0) is 20.1 Å². The molecule has 25 heavy (non-hydrogen) atoms. The van der Waals surface area contributed by atoms with Gasteiger partial charge in [-0.3, -0.25) is 5.32 Å². The number of aromatic nitrogens is 4. The molecule has 0 aliphatic carbocycles. The third-order valence-electron chi connectivity index (χ3n) is 3.87. The smallest absolute Gasteiger partial charge is 0.323 e. The van der Waals surface area contributed by atoms with Gasteiger partial charge in [0.2, 0.25) is 0 Å². The van der Waals surface area contributed by atoms with Crippen LogP contribution in [0.15, 0.2) is 42.2 Å². The highest BCUT2D eigenvalue weighted by Gasteiger charge is 2.17. The maximum Gasteiger partial charge on any atom is 0.323 e. The predicted octanol–water partition coefficient (Wildman–Crippen LogP) is 3.17. The minimum atomic E-state index is -0.141. The molecule has 0 aliphatic heterocycles. The number of imidazole rings is 1. The van der Waals surface area contributed by atoms with Crippen molar-refractivity contribution < 1.29 is 4.79 Å². The summed E-state index contributed by atoms with van der Waals surface area (Å²) in [6.07, 6.45) is 6.21. The molecular formula is C17H22N6OS. The van der Waals surface area contributed by atoms with Crippen molar-refractivity contribution in [3.63, 3.8) is 0 Å². The highest BCUT2D eigenvalue weighted by molar-refractivity contribution is 7.09. The molecular weight excluding hydrogens is 336 g/mol. The molecule has 7 nitrogen and oxygen atoms in total. The molecule has 0 aromatic carbocycles. The molecule has 0 bridgehead atoms. The maximum absolute atomic E-state index is 12.7. The van der Waals surface area contributed by atoms with Gasteiger partial charge in [-0.15, -0.1) is 11.3 Å². The molecule has 0 radical (unpaired) electrons. The van der Waals surface area contributed by atoms with Crippen molar-refractivity contribution in [2.45, 2.75) is 26.4 Å². The zero-order chi connectivity index (χ0) is 17.6. The Morgan fingerprint density at radius 3 is 2.92 bits per heavy atom. The van der Waals surface area contributed by atoms with E-state index in [0.29, 0.717) is 25.5 Å². The number of rotatable bonds is 7. The SMILES string of the molecule is CCCN(Cc1nccn1C)C(=O)Nc1ccnn1Cc1cccs1. The molecule has 3 aromatic heterocycles. The first-order valence-corrected chi connectivity index (χ1v) is 9.11. The third kappa shape index (κ3) is 4.27. The molecule has 3 aromatic rings. The summed E-state index contributed by atoms with van der Waals surface area (Å²) in [6.45, 7) is 3.84. The van der Waals surface area contributed by atoms with E-state index in [4.69, 9.17) is 0 Å². The maximum atomic E-state index is 12.7. The van der Waals surface area contributed by atoms with Crippen LogP contribution in [0.4, 0.5) is 10.6 Å². The molecule has 1 N–H and O–H groups in total. The molecule has 0 saturated carbocycles. The Kier molecular flexibility index (Phi) is 5.49.